The average Bonchev–Trinajstić information content (AvgIpc) is 2.51. The number of carbonyl (C=O) groups is 1. The number of benzene rings is 2. The Morgan fingerprint density at radius 1 is 1.12 bits per heavy atom. The van der Waals surface area contributed by atoms with Crippen molar-refractivity contribution in [3.63, 3.8) is 0 Å². The summed E-state index contributed by atoms with van der Waals surface area (Å²) in [6, 6.07) is 14.4. The van der Waals surface area contributed by atoms with Crippen molar-refractivity contribution in [2.45, 2.75) is 22.8 Å². The number of nitrogens with zero attached hydrogens (tertiary/aromatic N) is 2. The van der Waals surface area contributed by atoms with Gasteiger partial charge >= 0.3 is 0 Å². The average molecular weight is 400 g/mol. The van der Waals surface area contributed by atoms with E-state index in [-0.39, 0.29) is 30.9 Å². The van der Waals surface area contributed by atoms with Gasteiger partial charge in [0.2, 0.25) is 5.91 Å². The number of hydrogen-bond acceptors (Lipinski definition) is 4. The summed E-state index contributed by atoms with van der Waals surface area (Å²) in [6.07, 6.45) is 0. The van der Waals surface area contributed by atoms with Crippen LogP contribution in [-0.2, 0) is 0 Å². The third-order valence-corrected chi connectivity index (χ3v) is 5.05. The number of para-hydroxylation sites is 1. The van der Waals surface area contributed by atoms with Crippen molar-refractivity contribution in [2.75, 3.05) is 25.5 Å². The molecule has 0 aromatic heterocycles. The Morgan fingerprint density at radius 2 is 1.76 bits per heavy atom. The molecule has 0 fully saturated rings. The van der Waals surface area contributed by atoms with Crippen LogP contribution in [0.25, 0.3) is 0 Å². The van der Waals surface area contributed by atoms with Crippen molar-refractivity contribution in [1.29, 1.82) is 0 Å². The molecule has 1 amide bonds. The smallest absolute Gasteiger partial charge is 0.248 e. The maximum atomic E-state index is 11.6. The van der Waals surface area contributed by atoms with Crippen LogP contribution in [0.4, 0.5) is 11.4 Å². The second kappa shape index (κ2) is 8.81. The monoisotopic (exact) mass is 399 g/mol. The summed E-state index contributed by atoms with van der Waals surface area (Å²) >= 11 is 1.74. The molecule has 4 nitrogen and oxygen atoms in total. The maximum absolute atomic E-state index is 11.6. The van der Waals surface area contributed by atoms with Crippen LogP contribution in [0, 0.1) is 0 Å². The van der Waals surface area contributed by atoms with Gasteiger partial charge in [0.25, 0.3) is 0 Å². The number of likely N-dealkylation sites (N-methyl/N-ethyl adjacent to an activating group) is 1. The number of hydrogen-bond donors (Lipinski definition) is 1. The van der Waals surface area contributed by atoms with Crippen LogP contribution in [-0.4, -0.2) is 37.5 Å². The molecule has 0 saturated heterocycles. The van der Waals surface area contributed by atoms with Gasteiger partial charge in [0, 0.05) is 27.9 Å². The molecular weight excluding hydrogens is 377 g/mol. The fourth-order valence-corrected chi connectivity index (χ4v) is 4.07. The number of amides is 1. The van der Waals surface area contributed by atoms with Crippen LogP contribution < -0.4 is 10.6 Å². The van der Waals surface area contributed by atoms with Crippen molar-refractivity contribution in [3.8, 4) is 0 Å². The zero-order valence-electron chi connectivity index (χ0n) is 14.4. The summed E-state index contributed by atoms with van der Waals surface area (Å²) in [5, 5.41) is 0. The molecule has 0 bridgehead atoms. The van der Waals surface area contributed by atoms with Crippen molar-refractivity contribution in [3.05, 3.63) is 48.0 Å². The first kappa shape index (κ1) is 21.6. The fraction of sp³-hybridized carbons (Fsp3) is 0.278. The zero-order valence-corrected chi connectivity index (χ0v) is 16.9. The minimum atomic E-state index is -0.392. The molecule has 2 aromatic rings. The van der Waals surface area contributed by atoms with Gasteiger partial charge in [0.15, 0.2) is 0 Å². The molecule has 1 atom stereocenters. The van der Waals surface area contributed by atoms with E-state index >= 15 is 0 Å². The van der Waals surface area contributed by atoms with E-state index in [9.17, 15) is 4.79 Å². The minimum Gasteiger partial charge on any atom is -0.366 e. The molecule has 1 unspecified atom stereocenters. The second-order valence-electron chi connectivity index (χ2n) is 6.10. The lowest BCUT2D eigenvalue weighted by Gasteiger charge is -2.38. The number of fused-ring (bicyclic) bond motifs is 2. The predicted molar refractivity (Wildman–Crippen MR) is 110 cm³/mol. The second-order valence-corrected chi connectivity index (χ2v) is 7.18. The fourth-order valence-electron chi connectivity index (χ4n) is 3.02. The van der Waals surface area contributed by atoms with Crippen molar-refractivity contribution >= 4 is 53.9 Å². The first-order valence-corrected chi connectivity index (χ1v) is 8.43. The highest BCUT2D eigenvalue weighted by Gasteiger charge is 2.27. The van der Waals surface area contributed by atoms with E-state index in [1.807, 2.05) is 12.1 Å². The number of anilines is 2. The largest absolute Gasteiger partial charge is 0.366 e. The Kier molecular flexibility index (Phi) is 7.62. The van der Waals surface area contributed by atoms with Gasteiger partial charge in [-0.2, -0.15) is 0 Å². The molecule has 136 valence electrons. The van der Waals surface area contributed by atoms with E-state index in [0.29, 0.717) is 5.56 Å². The predicted octanol–water partition coefficient (Wildman–Crippen LogP) is 4.18. The van der Waals surface area contributed by atoms with Gasteiger partial charge in [-0.05, 0) is 51.4 Å². The highest BCUT2D eigenvalue weighted by atomic mass is 35.5. The van der Waals surface area contributed by atoms with Crippen molar-refractivity contribution in [1.82, 2.24) is 4.90 Å². The summed E-state index contributed by atoms with van der Waals surface area (Å²) in [5.41, 5.74) is 8.25. The SMILES string of the molecule is CC(CN(C)C)N1c2ccccc2Sc2ccc(C(N)=O)cc21.Cl.Cl. The summed E-state index contributed by atoms with van der Waals surface area (Å²) in [6.45, 7) is 3.12. The summed E-state index contributed by atoms with van der Waals surface area (Å²) < 4.78 is 0. The summed E-state index contributed by atoms with van der Waals surface area (Å²) in [4.78, 5) is 18.4. The Morgan fingerprint density at radius 3 is 2.40 bits per heavy atom. The number of carbonyl (C=O) groups excluding carboxylic acids is 1. The molecule has 0 aliphatic carbocycles. The third-order valence-electron chi connectivity index (χ3n) is 3.92. The van der Waals surface area contributed by atoms with Crippen LogP contribution in [0.5, 0.6) is 0 Å². The first-order chi connectivity index (χ1) is 11.0. The van der Waals surface area contributed by atoms with Gasteiger partial charge in [-0.25, -0.2) is 0 Å². The number of nitrogens with two attached hydrogens (primary N) is 1. The van der Waals surface area contributed by atoms with Gasteiger partial charge in [-0.15, -0.1) is 24.8 Å². The van der Waals surface area contributed by atoms with Crippen LogP contribution in [0.1, 0.15) is 17.3 Å². The molecule has 1 aliphatic heterocycles. The molecule has 3 rings (SSSR count). The Bertz CT molecular complexity index is 755. The molecule has 7 heteroatoms. The number of halogens is 2. The molecule has 25 heavy (non-hydrogen) atoms. The Hall–Kier alpha value is -1.40. The van der Waals surface area contributed by atoms with E-state index in [4.69, 9.17) is 5.73 Å². The molecule has 1 heterocycles. The van der Waals surface area contributed by atoms with E-state index in [1.54, 1.807) is 17.8 Å². The Balaban J connectivity index is 0.00000156. The molecule has 0 spiro atoms. The quantitative estimate of drug-likeness (QED) is 0.837. The maximum Gasteiger partial charge on any atom is 0.248 e. The van der Waals surface area contributed by atoms with E-state index < -0.39 is 5.91 Å². The lowest BCUT2D eigenvalue weighted by molar-refractivity contribution is 0.1000. The van der Waals surface area contributed by atoms with Gasteiger partial charge in [0.05, 0.1) is 11.4 Å². The minimum absolute atomic E-state index is 0. The number of primary amides is 1. The standard InChI is InChI=1S/C18H21N3OS.2ClH/c1-12(11-20(2)3)21-14-6-4-5-7-16(14)23-17-9-8-13(18(19)22)10-15(17)21;;/h4-10,12H,11H2,1-3H3,(H2,19,22);2*1H. The van der Waals surface area contributed by atoms with E-state index in [2.05, 4.69) is 55.1 Å². The van der Waals surface area contributed by atoms with Crippen molar-refractivity contribution in [2.24, 2.45) is 5.73 Å². The highest BCUT2D eigenvalue weighted by molar-refractivity contribution is 7.99. The number of rotatable bonds is 4. The lowest BCUT2D eigenvalue weighted by Crippen LogP contribution is -2.38. The van der Waals surface area contributed by atoms with Gasteiger partial charge in [-0.3, -0.25) is 4.79 Å². The normalized spacial score (nSPS) is 13.2. The Labute approximate surface area is 165 Å². The van der Waals surface area contributed by atoms with Gasteiger partial charge in [0.1, 0.15) is 0 Å². The van der Waals surface area contributed by atoms with E-state index in [0.717, 1.165) is 17.1 Å². The molecule has 1 aliphatic rings. The topological polar surface area (TPSA) is 49.6 Å². The highest BCUT2D eigenvalue weighted by Crippen LogP contribution is 2.49. The van der Waals surface area contributed by atoms with Gasteiger partial charge < -0.3 is 15.5 Å². The lowest BCUT2D eigenvalue weighted by atomic mass is 10.1. The molecule has 2 N–H and O–H groups in total. The zero-order chi connectivity index (χ0) is 16.6. The summed E-state index contributed by atoms with van der Waals surface area (Å²) in [7, 11) is 4.14. The first-order valence-electron chi connectivity index (χ1n) is 7.62. The molecule has 0 radical (unpaired) electrons. The van der Waals surface area contributed by atoms with Crippen molar-refractivity contribution < 1.29 is 4.79 Å². The van der Waals surface area contributed by atoms with Crippen LogP contribution in [0.3, 0.4) is 0 Å². The summed E-state index contributed by atoms with van der Waals surface area (Å²) in [5.74, 6) is -0.392. The molecule has 0 saturated carbocycles. The third kappa shape index (κ3) is 4.42. The molecule has 2 aromatic carbocycles. The van der Waals surface area contributed by atoms with Crippen LogP contribution in [0.2, 0.25) is 0 Å². The van der Waals surface area contributed by atoms with Crippen LogP contribution >= 0.6 is 36.6 Å². The van der Waals surface area contributed by atoms with Crippen LogP contribution in [0.15, 0.2) is 52.3 Å². The van der Waals surface area contributed by atoms with E-state index in [1.165, 1.54) is 10.6 Å². The van der Waals surface area contributed by atoms with Gasteiger partial charge in [-0.1, -0.05) is 23.9 Å². The molecular formula is C18H23Cl2N3OS.